The van der Waals surface area contributed by atoms with E-state index in [9.17, 15) is 9.18 Å². The summed E-state index contributed by atoms with van der Waals surface area (Å²) in [5, 5.41) is 12.0. The Labute approximate surface area is 172 Å². The van der Waals surface area contributed by atoms with Gasteiger partial charge in [0.1, 0.15) is 17.6 Å². The van der Waals surface area contributed by atoms with Gasteiger partial charge in [-0.1, -0.05) is 24.3 Å². The molecular formula is C23H18FN5O. The predicted octanol–water partition coefficient (Wildman–Crippen LogP) is 3.92. The molecular weight excluding hydrogens is 381 g/mol. The van der Waals surface area contributed by atoms with Crippen molar-refractivity contribution in [3.05, 3.63) is 95.3 Å². The third-order valence-electron chi connectivity index (χ3n) is 4.92. The largest absolute Gasteiger partial charge is 0.342 e. The Morgan fingerprint density at radius 3 is 2.67 bits per heavy atom. The Hall–Kier alpha value is -4.05. The van der Waals surface area contributed by atoms with Gasteiger partial charge < -0.3 is 9.88 Å². The maximum Gasteiger partial charge on any atom is 0.270 e. The lowest BCUT2D eigenvalue weighted by Gasteiger charge is -2.20. The predicted molar refractivity (Wildman–Crippen MR) is 110 cm³/mol. The number of pyridine rings is 1. The van der Waals surface area contributed by atoms with Crippen molar-refractivity contribution < 1.29 is 9.18 Å². The van der Waals surface area contributed by atoms with Crippen LogP contribution in [0.25, 0.3) is 11.0 Å². The average Bonchev–Trinajstić information content (AvgIpc) is 3.16. The van der Waals surface area contributed by atoms with Crippen molar-refractivity contribution in [3.63, 3.8) is 0 Å². The van der Waals surface area contributed by atoms with E-state index in [0.717, 1.165) is 16.6 Å². The molecule has 1 N–H and O–H groups in total. The molecule has 6 nitrogen and oxygen atoms in total. The molecule has 1 unspecified atom stereocenters. The summed E-state index contributed by atoms with van der Waals surface area (Å²) >= 11 is 0. The van der Waals surface area contributed by atoms with Crippen LogP contribution < -0.4 is 5.32 Å². The second-order valence-corrected chi connectivity index (χ2v) is 6.90. The van der Waals surface area contributed by atoms with E-state index >= 15 is 0 Å². The number of benzene rings is 2. The summed E-state index contributed by atoms with van der Waals surface area (Å²) in [6, 6.07) is 18.4. The number of aromatic nitrogens is 3. The monoisotopic (exact) mass is 399 g/mol. The van der Waals surface area contributed by atoms with Crippen LogP contribution in [-0.4, -0.2) is 20.4 Å². The minimum absolute atomic E-state index is 0.217. The lowest BCUT2D eigenvalue weighted by Crippen LogP contribution is -2.32. The molecule has 30 heavy (non-hydrogen) atoms. The summed E-state index contributed by atoms with van der Waals surface area (Å²) in [4.78, 5) is 21.5. The van der Waals surface area contributed by atoms with Gasteiger partial charge in [0.15, 0.2) is 0 Å². The summed E-state index contributed by atoms with van der Waals surface area (Å²) < 4.78 is 15.4. The molecule has 0 aliphatic heterocycles. The van der Waals surface area contributed by atoms with Crippen LogP contribution in [-0.2, 0) is 6.54 Å². The van der Waals surface area contributed by atoms with E-state index in [1.54, 1.807) is 31.5 Å². The lowest BCUT2D eigenvalue weighted by atomic mass is 10.1. The number of carbonyl (C=O) groups excluding carboxylic acids is 1. The van der Waals surface area contributed by atoms with Crippen molar-refractivity contribution in [3.8, 4) is 6.07 Å². The van der Waals surface area contributed by atoms with E-state index < -0.39 is 6.04 Å². The van der Waals surface area contributed by atoms with Gasteiger partial charge in [-0.2, -0.15) is 5.26 Å². The third kappa shape index (κ3) is 3.89. The van der Waals surface area contributed by atoms with Crippen LogP contribution in [0, 0.1) is 24.1 Å². The third-order valence-corrected chi connectivity index (χ3v) is 4.92. The van der Waals surface area contributed by atoms with Crippen molar-refractivity contribution >= 4 is 16.9 Å². The van der Waals surface area contributed by atoms with Gasteiger partial charge in [-0.05, 0) is 48.9 Å². The van der Waals surface area contributed by atoms with E-state index in [1.165, 1.54) is 18.2 Å². The minimum atomic E-state index is -0.437. The van der Waals surface area contributed by atoms with Gasteiger partial charge in [-0.3, -0.25) is 4.79 Å². The van der Waals surface area contributed by atoms with Gasteiger partial charge >= 0.3 is 0 Å². The summed E-state index contributed by atoms with van der Waals surface area (Å²) in [6.45, 7) is 2.09. The number of nitriles is 1. The van der Waals surface area contributed by atoms with Crippen molar-refractivity contribution in [2.45, 2.75) is 19.5 Å². The number of fused-ring (bicyclic) bond motifs is 1. The van der Waals surface area contributed by atoms with E-state index in [2.05, 4.69) is 15.3 Å². The molecule has 148 valence electrons. The first kappa shape index (κ1) is 19.3. The number of nitrogens with one attached hydrogen (secondary N) is 1. The maximum absolute atomic E-state index is 13.4. The van der Waals surface area contributed by atoms with Crippen LogP contribution in [0.2, 0.25) is 0 Å². The number of aryl methyl sites for hydroxylation is 1. The van der Waals surface area contributed by atoms with Gasteiger partial charge in [0.05, 0.1) is 34.7 Å². The Morgan fingerprint density at radius 2 is 1.93 bits per heavy atom. The molecule has 0 aliphatic carbocycles. The molecule has 0 radical (unpaired) electrons. The van der Waals surface area contributed by atoms with Gasteiger partial charge in [0.2, 0.25) is 0 Å². The molecule has 2 aromatic carbocycles. The van der Waals surface area contributed by atoms with Crippen LogP contribution in [0.4, 0.5) is 4.39 Å². The molecule has 1 atom stereocenters. The Morgan fingerprint density at radius 1 is 1.17 bits per heavy atom. The SMILES string of the molecule is Cc1nc(C(=O)NC(Cn2cnc3ccccc32)c2ccc(F)cc2)ccc1C#N. The van der Waals surface area contributed by atoms with Crippen LogP contribution >= 0.6 is 0 Å². The van der Waals surface area contributed by atoms with Crippen molar-refractivity contribution in [2.24, 2.45) is 0 Å². The second kappa shape index (κ2) is 8.13. The van der Waals surface area contributed by atoms with Crippen LogP contribution in [0.15, 0.2) is 67.0 Å². The fourth-order valence-corrected chi connectivity index (χ4v) is 3.32. The first-order valence-electron chi connectivity index (χ1n) is 9.39. The highest BCUT2D eigenvalue weighted by Crippen LogP contribution is 2.20. The van der Waals surface area contributed by atoms with Gasteiger partial charge in [-0.25, -0.2) is 14.4 Å². The number of imidazole rings is 1. The fourth-order valence-electron chi connectivity index (χ4n) is 3.32. The lowest BCUT2D eigenvalue weighted by molar-refractivity contribution is 0.0927. The molecule has 7 heteroatoms. The number of hydrogen-bond donors (Lipinski definition) is 1. The highest BCUT2D eigenvalue weighted by Gasteiger charge is 2.19. The molecule has 0 saturated carbocycles. The smallest absolute Gasteiger partial charge is 0.270 e. The Bertz CT molecular complexity index is 1260. The molecule has 2 heterocycles. The number of amides is 1. The van der Waals surface area contributed by atoms with Gasteiger partial charge in [-0.15, -0.1) is 0 Å². The van der Waals surface area contributed by atoms with E-state index in [0.29, 0.717) is 17.8 Å². The van der Waals surface area contributed by atoms with Crippen molar-refractivity contribution in [1.29, 1.82) is 5.26 Å². The number of rotatable bonds is 5. The van der Waals surface area contributed by atoms with Crippen LogP contribution in [0.3, 0.4) is 0 Å². The van der Waals surface area contributed by atoms with Crippen LogP contribution in [0.5, 0.6) is 0 Å². The zero-order chi connectivity index (χ0) is 21.1. The molecule has 0 saturated heterocycles. The molecule has 0 fully saturated rings. The standard InChI is InChI=1S/C23H18FN5O/c1-15-17(12-25)8-11-20(27-15)23(30)28-21(16-6-9-18(24)10-7-16)13-29-14-26-19-4-2-3-5-22(19)29/h2-11,14,21H,13H2,1H3,(H,28,30). The van der Waals surface area contributed by atoms with Crippen molar-refractivity contribution in [1.82, 2.24) is 19.9 Å². The Balaban J connectivity index is 1.65. The molecule has 0 spiro atoms. The average molecular weight is 399 g/mol. The first-order valence-corrected chi connectivity index (χ1v) is 9.39. The maximum atomic E-state index is 13.4. The summed E-state index contributed by atoms with van der Waals surface area (Å²) in [5.41, 5.74) is 3.68. The number of hydrogen-bond acceptors (Lipinski definition) is 4. The molecule has 2 aromatic heterocycles. The summed E-state index contributed by atoms with van der Waals surface area (Å²) in [5.74, 6) is -0.720. The molecule has 1 amide bonds. The number of para-hydroxylation sites is 2. The van der Waals surface area contributed by atoms with E-state index in [1.807, 2.05) is 34.9 Å². The molecule has 4 aromatic rings. The number of halogens is 1. The number of carbonyl (C=O) groups is 1. The summed E-state index contributed by atoms with van der Waals surface area (Å²) in [6.07, 6.45) is 1.72. The Kier molecular flexibility index (Phi) is 5.22. The number of nitrogens with zero attached hydrogens (tertiary/aromatic N) is 4. The van der Waals surface area contributed by atoms with Crippen LogP contribution in [0.1, 0.15) is 33.4 Å². The quantitative estimate of drug-likeness (QED) is 0.551. The second-order valence-electron chi connectivity index (χ2n) is 6.90. The van der Waals surface area contributed by atoms with Gasteiger partial charge in [0, 0.05) is 6.54 Å². The van der Waals surface area contributed by atoms with E-state index in [4.69, 9.17) is 5.26 Å². The highest BCUT2D eigenvalue weighted by atomic mass is 19.1. The van der Waals surface area contributed by atoms with Gasteiger partial charge in [0.25, 0.3) is 5.91 Å². The fraction of sp³-hybridized carbons (Fsp3) is 0.130. The normalized spacial score (nSPS) is 11.8. The highest BCUT2D eigenvalue weighted by molar-refractivity contribution is 5.92. The van der Waals surface area contributed by atoms with E-state index in [-0.39, 0.29) is 17.4 Å². The molecule has 0 aliphatic rings. The zero-order valence-electron chi connectivity index (χ0n) is 16.2. The molecule has 0 bridgehead atoms. The first-order chi connectivity index (χ1) is 14.5. The topological polar surface area (TPSA) is 83.6 Å². The minimum Gasteiger partial charge on any atom is -0.342 e. The van der Waals surface area contributed by atoms with Crippen molar-refractivity contribution in [2.75, 3.05) is 0 Å². The zero-order valence-corrected chi connectivity index (χ0v) is 16.2. The summed E-state index contributed by atoms with van der Waals surface area (Å²) in [7, 11) is 0. The molecule has 4 rings (SSSR count).